The normalized spacial score (nSPS) is 25.8. The standard InChI is InChI=1S/C20H34O5.CH5NO/c1-2-3-6-9-15(21)12-13-17-16(18(22)14-19(17)23)10-7-4-5-8-11-20(24)25;1-3-2/h4,7,12-13,15-19,21-23H,2-3,5-6,8-11,14H2,1H3,(H,24,25);2H2,1H3/b7-4-,13-12+;/t15-,16+,17+,18-,19+;/m0./s1. The van der Waals surface area contributed by atoms with Gasteiger partial charge in [-0.15, -0.1) is 0 Å². The Balaban J connectivity index is 0.00000227. The number of aliphatic hydroxyl groups excluding tert-OH is 3. The molecule has 0 saturated heterocycles. The van der Waals surface area contributed by atoms with Gasteiger partial charge in [0.05, 0.1) is 25.4 Å². The highest BCUT2D eigenvalue weighted by atomic mass is 16.6. The van der Waals surface area contributed by atoms with E-state index in [-0.39, 0.29) is 18.3 Å². The van der Waals surface area contributed by atoms with E-state index >= 15 is 0 Å². The van der Waals surface area contributed by atoms with E-state index in [0.29, 0.717) is 25.7 Å². The summed E-state index contributed by atoms with van der Waals surface area (Å²) in [5, 5.41) is 39.0. The molecule has 0 aromatic carbocycles. The minimum Gasteiger partial charge on any atom is -0.481 e. The monoisotopic (exact) mass is 401 g/mol. The highest BCUT2D eigenvalue weighted by Crippen LogP contribution is 2.36. The molecule has 1 rings (SSSR count). The van der Waals surface area contributed by atoms with E-state index in [9.17, 15) is 20.1 Å². The molecule has 0 spiro atoms. The van der Waals surface area contributed by atoms with Crippen LogP contribution < -0.4 is 5.90 Å². The molecular formula is C21H39NO6. The van der Waals surface area contributed by atoms with Crippen molar-refractivity contribution in [2.75, 3.05) is 7.11 Å². The van der Waals surface area contributed by atoms with Crippen LogP contribution in [-0.2, 0) is 9.63 Å². The average molecular weight is 402 g/mol. The van der Waals surface area contributed by atoms with E-state index in [1.165, 1.54) is 7.11 Å². The smallest absolute Gasteiger partial charge is 0.303 e. The minimum atomic E-state index is -0.787. The van der Waals surface area contributed by atoms with Gasteiger partial charge in [-0.3, -0.25) is 4.79 Å². The van der Waals surface area contributed by atoms with Crippen LogP contribution in [0.3, 0.4) is 0 Å². The molecule has 0 bridgehead atoms. The van der Waals surface area contributed by atoms with Crippen LogP contribution >= 0.6 is 0 Å². The maximum absolute atomic E-state index is 10.5. The number of carbonyl (C=O) groups is 1. The Morgan fingerprint density at radius 3 is 2.50 bits per heavy atom. The molecule has 7 nitrogen and oxygen atoms in total. The molecule has 164 valence electrons. The number of rotatable bonds is 12. The van der Waals surface area contributed by atoms with Crippen molar-refractivity contribution < 1.29 is 30.1 Å². The van der Waals surface area contributed by atoms with E-state index in [4.69, 9.17) is 5.11 Å². The molecule has 1 aliphatic carbocycles. The number of hydrogen-bond acceptors (Lipinski definition) is 6. The molecule has 5 atom stereocenters. The van der Waals surface area contributed by atoms with Gasteiger partial charge < -0.3 is 25.3 Å². The number of nitrogens with two attached hydrogens (primary N) is 1. The third-order valence-electron chi connectivity index (χ3n) is 4.91. The van der Waals surface area contributed by atoms with Crippen molar-refractivity contribution in [3.63, 3.8) is 0 Å². The number of allylic oxidation sites excluding steroid dienone is 2. The van der Waals surface area contributed by atoms with Crippen LogP contribution in [0.4, 0.5) is 0 Å². The molecule has 0 unspecified atom stereocenters. The first-order valence-electron chi connectivity index (χ1n) is 10.2. The van der Waals surface area contributed by atoms with Gasteiger partial charge in [-0.1, -0.05) is 50.5 Å². The summed E-state index contributed by atoms with van der Waals surface area (Å²) in [6, 6.07) is 0. The van der Waals surface area contributed by atoms with E-state index in [1.807, 2.05) is 18.2 Å². The summed E-state index contributed by atoms with van der Waals surface area (Å²) >= 11 is 0. The van der Waals surface area contributed by atoms with Crippen molar-refractivity contribution in [2.45, 2.75) is 83.0 Å². The van der Waals surface area contributed by atoms with Gasteiger partial charge in [-0.2, -0.15) is 0 Å². The summed E-state index contributed by atoms with van der Waals surface area (Å²) in [4.78, 5) is 14.2. The topological polar surface area (TPSA) is 133 Å². The second-order valence-electron chi connectivity index (χ2n) is 7.29. The van der Waals surface area contributed by atoms with Crippen LogP contribution in [0.25, 0.3) is 0 Å². The number of aliphatic hydroxyl groups is 3. The van der Waals surface area contributed by atoms with E-state index in [2.05, 4.69) is 17.7 Å². The number of unbranched alkanes of at least 4 members (excludes halogenated alkanes) is 3. The van der Waals surface area contributed by atoms with Crippen LogP contribution in [0.5, 0.6) is 0 Å². The van der Waals surface area contributed by atoms with Gasteiger partial charge in [0.15, 0.2) is 0 Å². The van der Waals surface area contributed by atoms with Crippen LogP contribution in [0.15, 0.2) is 24.3 Å². The largest absolute Gasteiger partial charge is 0.481 e. The van der Waals surface area contributed by atoms with Gasteiger partial charge in [0.1, 0.15) is 0 Å². The SMILES string of the molecule is CCCCC[C@H](O)/C=C/[C@@H]1[C@@H](C/C=C\CCCC(=O)O)[C@@H](O)C[C@H]1O.CON. The lowest BCUT2D eigenvalue weighted by molar-refractivity contribution is -0.137. The van der Waals surface area contributed by atoms with E-state index in [1.54, 1.807) is 6.08 Å². The molecule has 1 fully saturated rings. The van der Waals surface area contributed by atoms with Crippen molar-refractivity contribution in [2.24, 2.45) is 17.7 Å². The molecule has 0 aliphatic heterocycles. The summed E-state index contributed by atoms with van der Waals surface area (Å²) in [5.41, 5.74) is 0. The Hall–Kier alpha value is -1.25. The third-order valence-corrected chi connectivity index (χ3v) is 4.91. The predicted octanol–water partition coefficient (Wildman–Crippen LogP) is 2.55. The Morgan fingerprint density at radius 2 is 1.89 bits per heavy atom. The molecule has 0 aromatic rings. The van der Waals surface area contributed by atoms with Gasteiger partial charge in [-0.05, 0) is 31.6 Å². The van der Waals surface area contributed by atoms with Crippen LogP contribution in [0.2, 0.25) is 0 Å². The lowest BCUT2D eigenvalue weighted by atomic mass is 9.89. The molecule has 1 aliphatic rings. The van der Waals surface area contributed by atoms with Gasteiger partial charge in [-0.25, -0.2) is 5.90 Å². The number of hydrogen-bond donors (Lipinski definition) is 5. The van der Waals surface area contributed by atoms with Crippen LogP contribution in [-0.4, -0.2) is 51.8 Å². The van der Waals surface area contributed by atoms with Crippen molar-refractivity contribution >= 4 is 5.97 Å². The summed E-state index contributed by atoms with van der Waals surface area (Å²) < 4.78 is 0. The molecule has 0 amide bonds. The molecule has 1 saturated carbocycles. The first-order valence-corrected chi connectivity index (χ1v) is 10.2. The molecule has 0 radical (unpaired) electrons. The Morgan fingerprint density at radius 1 is 1.21 bits per heavy atom. The number of aliphatic carboxylic acids is 1. The zero-order chi connectivity index (χ0) is 21.4. The first kappa shape index (κ1) is 26.8. The molecule has 7 heteroatoms. The van der Waals surface area contributed by atoms with Gasteiger partial charge in [0, 0.05) is 18.8 Å². The van der Waals surface area contributed by atoms with Crippen molar-refractivity contribution in [3.05, 3.63) is 24.3 Å². The fraction of sp³-hybridized carbons (Fsp3) is 0.762. The number of carboxylic acids is 1. The lowest BCUT2D eigenvalue weighted by Gasteiger charge is -2.19. The predicted molar refractivity (Wildman–Crippen MR) is 109 cm³/mol. The van der Waals surface area contributed by atoms with Crippen molar-refractivity contribution in [1.82, 2.24) is 0 Å². The molecule has 0 aromatic heterocycles. The Bertz CT molecular complexity index is 454. The van der Waals surface area contributed by atoms with Crippen LogP contribution in [0.1, 0.15) is 64.7 Å². The Kier molecular flexibility index (Phi) is 15.9. The molecule has 0 heterocycles. The van der Waals surface area contributed by atoms with Crippen molar-refractivity contribution in [1.29, 1.82) is 0 Å². The quantitative estimate of drug-likeness (QED) is 0.193. The highest BCUT2D eigenvalue weighted by molar-refractivity contribution is 5.66. The van der Waals surface area contributed by atoms with Crippen molar-refractivity contribution in [3.8, 4) is 0 Å². The van der Waals surface area contributed by atoms with Gasteiger partial charge >= 0.3 is 5.97 Å². The molecular weight excluding hydrogens is 362 g/mol. The average Bonchev–Trinajstić information content (AvgIpc) is 2.89. The van der Waals surface area contributed by atoms with E-state index < -0.39 is 24.3 Å². The lowest BCUT2D eigenvalue weighted by Crippen LogP contribution is -2.20. The zero-order valence-electron chi connectivity index (χ0n) is 17.2. The van der Waals surface area contributed by atoms with Crippen LogP contribution in [0, 0.1) is 11.8 Å². The second kappa shape index (κ2) is 16.7. The fourth-order valence-electron chi connectivity index (χ4n) is 3.41. The zero-order valence-corrected chi connectivity index (χ0v) is 17.2. The maximum atomic E-state index is 10.5. The Labute approximate surface area is 168 Å². The molecule has 28 heavy (non-hydrogen) atoms. The maximum Gasteiger partial charge on any atom is 0.303 e. The highest BCUT2D eigenvalue weighted by Gasteiger charge is 2.39. The number of carboxylic acid groups (broad SMARTS) is 1. The summed E-state index contributed by atoms with van der Waals surface area (Å²) in [6.07, 6.45) is 12.3. The third kappa shape index (κ3) is 12.3. The summed E-state index contributed by atoms with van der Waals surface area (Å²) in [5.74, 6) is 3.34. The molecule has 6 N–H and O–H groups in total. The summed E-state index contributed by atoms with van der Waals surface area (Å²) in [7, 11) is 1.40. The second-order valence-corrected chi connectivity index (χ2v) is 7.29. The first-order chi connectivity index (χ1) is 13.4. The van der Waals surface area contributed by atoms with Gasteiger partial charge in [0.25, 0.3) is 0 Å². The summed E-state index contributed by atoms with van der Waals surface area (Å²) in [6.45, 7) is 2.12. The minimum absolute atomic E-state index is 0.0650. The van der Waals surface area contributed by atoms with Gasteiger partial charge in [0.2, 0.25) is 0 Å². The fourth-order valence-corrected chi connectivity index (χ4v) is 3.41. The van der Waals surface area contributed by atoms with E-state index in [0.717, 1.165) is 25.7 Å².